The molecule has 0 saturated heterocycles. The molecule has 4 nitrogen and oxygen atoms in total. The second-order valence-corrected chi connectivity index (χ2v) is 4.79. The highest BCUT2D eigenvalue weighted by atomic mass is 16.5. The summed E-state index contributed by atoms with van der Waals surface area (Å²) >= 11 is 0. The van der Waals surface area contributed by atoms with Gasteiger partial charge in [-0.15, -0.1) is 0 Å². The van der Waals surface area contributed by atoms with E-state index in [0.717, 1.165) is 24.9 Å². The minimum Gasteiger partial charge on any atom is -0.481 e. The topological polar surface area (TPSA) is 58.6 Å². The molecule has 1 aromatic carbocycles. The average molecular weight is 249 g/mol. The Balaban J connectivity index is 1.75. The summed E-state index contributed by atoms with van der Waals surface area (Å²) in [6.45, 7) is 0.828. The van der Waals surface area contributed by atoms with Gasteiger partial charge in [-0.3, -0.25) is 4.79 Å². The number of hydrogen-bond donors (Lipinski definition) is 2. The third-order valence-corrected chi connectivity index (χ3v) is 3.40. The molecule has 0 bridgehead atoms. The van der Waals surface area contributed by atoms with Gasteiger partial charge in [0.15, 0.2) is 0 Å². The smallest absolute Gasteiger partial charge is 0.307 e. The zero-order valence-electron chi connectivity index (χ0n) is 10.6. The SMILES string of the molecule is COC1CC(NCc2ccc(CC(=O)O)cc2)C1. The third kappa shape index (κ3) is 3.55. The van der Waals surface area contributed by atoms with Crippen molar-refractivity contribution in [1.82, 2.24) is 5.32 Å². The molecule has 1 saturated carbocycles. The van der Waals surface area contributed by atoms with Gasteiger partial charge in [-0.1, -0.05) is 24.3 Å². The Labute approximate surface area is 107 Å². The predicted octanol–water partition coefficient (Wildman–Crippen LogP) is 1.58. The number of carboxylic acids is 1. The number of aliphatic carboxylic acids is 1. The van der Waals surface area contributed by atoms with Crippen LogP contribution >= 0.6 is 0 Å². The van der Waals surface area contributed by atoms with E-state index >= 15 is 0 Å². The summed E-state index contributed by atoms with van der Waals surface area (Å²) in [5.41, 5.74) is 2.03. The molecule has 1 aliphatic carbocycles. The van der Waals surface area contributed by atoms with Gasteiger partial charge in [0.25, 0.3) is 0 Å². The van der Waals surface area contributed by atoms with Gasteiger partial charge in [-0.05, 0) is 24.0 Å². The van der Waals surface area contributed by atoms with Crippen molar-refractivity contribution < 1.29 is 14.6 Å². The molecule has 1 fully saturated rings. The van der Waals surface area contributed by atoms with E-state index in [1.807, 2.05) is 24.3 Å². The molecule has 1 aromatic rings. The van der Waals surface area contributed by atoms with Crippen LogP contribution in [-0.4, -0.2) is 30.3 Å². The minimum absolute atomic E-state index is 0.0891. The number of nitrogens with one attached hydrogen (secondary N) is 1. The number of rotatable bonds is 6. The van der Waals surface area contributed by atoms with E-state index in [1.165, 1.54) is 5.56 Å². The van der Waals surface area contributed by atoms with E-state index in [0.29, 0.717) is 12.1 Å². The van der Waals surface area contributed by atoms with E-state index in [2.05, 4.69) is 5.32 Å². The molecule has 1 aliphatic rings. The normalized spacial score (nSPS) is 22.5. The van der Waals surface area contributed by atoms with E-state index in [1.54, 1.807) is 7.11 Å². The molecule has 98 valence electrons. The molecule has 0 atom stereocenters. The highest BCUT2D eigenvalue weighted by Crippen LogP contribution is 2.22. The fraction of sp³-hybridized carbons (Fsp3) is 0.500. The quantitative estimate of drug-likeness (QED) is 0.803. The highest BCUT2D eigenvalue weighted by molar-refractivity contribution is 5.70. The van der Waals surface area contributed by atoms with Crippen molar-refractivity contribution in [2.75, 3.05) is 7.11 Å². The zero-order valence-corrected chi connectivity index (χ0v) is 10.6. The predicted molar refractivity (Wildman–Crippen MR) is 68.4 cm³/mol. The van der Waals surface area contributed by atoms with Gasteiger partial charge < -0.3 is 15.2 Å². The molecule has 2 rings (SSSR count). The Hall–Kier alpha value is -1.39. The fourth-order valence-electron chi connectivity index (χ4n) is 2.14. The Bertz CT molecular complexity index is 396. The Morgan fingerprint density at radius 1 is 1.33 bits per heavy atom. The number of ether oxygens (including phenoxy) is 1. The average Bonchev–Trinajstić information content (AvgIpc) is 2.29. The van der Waals surface area contributed by atoms with Crippen LogP contribution in [0.1, 0.15) is 24.0 Å². The van der Waals surface area contributed by atoms with Crippen molar-refractivity contribution >= 4 is 5.97 Å². The number of carbonyl (C=O) groups is 1. The van der Waals surface area contributed by atoms with Crippen molar-refractivity contribution in [3.8, 4) is 0 Å². The van der Waals surface area contributed by atoms with E-state index in [9.17, 15) is 4.79 Å². The molecule has 0 aromatic heterocycles. The lowest BCUT2D eigenvalue weighted by Gasteiger charge is -2.34. The van der Waals surface area contributed by atoms with Gasteiger partial charge in [0.1, 0.15) is 0 Å². The molecule has 0 spiro atoms. The van der Waals surface area contributed by atoms with Crippen molar-refractivity contribution in [2.45, 2.75) is 38.0 Å². The largest absolute Gasteiger partial charge is 0.481 e. The van der Waals surface area contributed by atoms with Crippen molar-refractivity contribution in [3.63, 3.8) is 0 Å². The van der Waals surface area contributed by atoms with Gasteiger partial charge >= 0.3 is 5.97 Å². The van der Waals surface area contributed by atoms with Crippen LogP contribution in [0.3, 0.4) is 0 Å². The first-order chi connectivity index (χ1) is 8.67. The number of carboxylic acid groups (broad SMARTS) is 1. The lowest BCUT2D eigenvalue weighted by atomic mass is 9.89. The van der Waals surface area contributed by atoms with Crippen LogP contribution in [0.15, 0.2) is 24.3 Å². The maximum Gasteiger partial charge on any atom is 0.307 e. The summed E-state index contributed by atoms with van der Waals surface area (Å²) < 4.78 is 5.23. The van der Waals surface area contributed by atoms with Crippen molar-refractivity contribution in [1.29, 1.82) is 0 Å². The van der Waals surface area contributed by atoms with Crippen LogP contribution in [0.2, 0.25) is 0 Å². The fourth-order valence-corrected chi connectivity index (χ4v) is 2.14. The highest BCUT2D eigenvalue weighted by Gasteiger charge is 2.28. The molecular weight excluding hydrogens is 230 g/mol. The molecule has 0 radical (unpaired) electrons. The summed E-state index contributed by atoms with van der Waals surface area (Å²) in [5, 5.41) is 12.1. The first-order valence-electron chi connectivity index (χ1n) is 6.23. The monoisotopic (exact) mass is 249 g/mol. The van der Waals surface area contributed by atoms with Gasteiger partial charge in [0, 0.05) is 19.7 Å². The van der Waals surface area contributed by atoms with Crippen LogP contribution in [0.25, 0.3) is 0 Å². The zero-order chi connectivity index (χ0) is 13.0. The van der Waals surface area contributed by atoms with E-state index in [-0.39, 0.29) is 6.42 Å². The molecule has 0 aliphatic heterocycles. The van der Waals surface area contributed by atoms with Crippen LogP contribution in [0, 0.1) is 0 Å². The van der Waals surface area contributed by atoms with Gasteiger partial charge in [-0.2, -0.15) is 0 Å². The van der Waals surface area contributed by atoms with Crippen LogP contribution < -0.4 is 5.32 Å². The summed E-state index contributed by atoms with van der Waals surface area (Å²) in [4.78, 5) is 10.6. The summed E-state index contributed by atoms with van der Waals surface area (Å²) in [6, 6.07) is 8.28. The minimum atomic E-state index is -0.791. The molecule has 4 heteroatoms. The van der Waals surface area contributed by atoms with E-state index < -0.39 is 5.97 Å². The lowest BCUT2D eigenvalue weighted by Crippen LogP contribution is -2.44. The maximum atomic E-state index is 10.6. The second-order valence-electron chi connectivity index (χ2n) is 4.79. The van der Waals surface area contributed by atoms with Crippen molar-refractivity contribution in [3.05, 3.63) is 35.4 Å². The Kier molecular flexibility index (Phi) is 4.33. The van der Waals surface area contributed by atoms with Crippen molar-refractivity contribution in [2.24, 2.45) is 0 Å². The molecule has 18 heavy (non-hydrogen) atoms. The molecular formula is C14H19NO3. The molecule has 0 amide bonds. The van der Waals surface area contributed by atoms with Crippen LogP contribution in [0.5, 0.6) is 0 Å². The maximum absolute atomic E-state index is 10.6. The third-order valence-electron chi connectivity index (χ3n) is 3.40. The summed E-state index contributed by atoms with van der Waals surface area (Å²) in [7, 11) is 1.75. The van der Waals surface area contributed by atoms with Crippen LogP contribution in [-0.2, 0) is 22.5 Å². The second kappa shape index (κ2) is 5.98. The van der Waals surface area contributed by atoms with Gasteiger partial charge in [0.2, 0.25) is 0 Å². The number of hydrogen-bond acceptors (Lipinski definition) is 3. The lowest BCUT2D eigenvalue weighted by molar-refractivity contribution is -0.136. The first-order valence-corrected chi connectivity index (χ1v) is 6.23. The van der Waals surface area contributed by atoms with Crippen LogP contribution in [0.4, 0.5) is 0 Å². The first kappa shape index (κ1) is 13.1. The summed E-state index contributed by atoms with van der Waals surface area (Å²) in [6.07, 6.45) is 2.66. The summed E-state index contributed by atoms with van der Waals surface area (Å²) in [5.74, 6) is -0.791. The number of methoxy groups -OCH3 is 1. The van der Waals surface area contributed by atoms with Gasteiger partial charge in [0.05, 0.1) is 12.5 Å². The molecule has 2 N–H and O–H groups in total. The number of benzene rings is 1. The standard InChI is InChI=1S/C14H19NO3/c1-18-13-7-12(8-13)15-9-11-4-2-10(3-5-11)6-14(16)17/h2-5,12-13,15H,6-9H2,1H3,(H,16,17). The molecule has 0 unspecified atom stereocenters. The Morgan fingerprint density at radius 2 is 1.94 bits per heavy atom. The van der Waals surface area contributed by atoms with E-state index in [4.69, 9.17) is 9.84 Å². The van der Waals surface area contributed by atoms with Gasteiger partial charge in [-0.25, -0.2) is 0 Å². The molecule has 0 heterocycles. The Morgan fingerprint density at radius 3 is 2.50 bits per heavy atom.